The fraction of sp³-hybridized carbons (Fsp3) is 0.174. The van der Waals surface area contributed by atoms with Crippen molar-refractivity contribution in [2.45, 2.75) is 26.2 Å². The van der Waals surface area contributed by atoms with Gasteiger partial charge in [-0.15, -0.1) is 0 Å². The van der Waals surface area contributed by atoms with E-state index in [2.05, 4.69) is 65.9 Å². The Morgan fingerprint density at radius 2 is 1.57 bits per heavy atom. The minimum Gasteiger partial charge on any atom is -0.331 e. The number of nitrogens with one attached hydrogen (secondary N) is 2. The monoisotopic (exact) mass is 388 g/mol. The maximum atomic E-state index is 5.37. The lowest BCUT2D eigenvalue weighted by atomic mass is 9.86. The van der Waals surface area contributed by atoms with Gasteiger partial charge in [0.25, 0.3) is 0 Å². The zero-order valence-corrected chi connectivity index (χ0v) is 17.1. The third kappa shape index (κ3) is 5.24. The van der Waals surface area contributed by atoms with Gasteiger partial charge in [0.1, 0.15) is 5.71 Å². The van der Waals surface area contributed by atoms with Crippen LogP contribution >= 0.6 is 12.2 Å². The Kier molecular flexibility index (Phi) is 6.16. The van der Waals surface area contributed by atoms with E-state index in [-0.39, 0.29) is 5.41 Å². The molecule has 1 aromatic heterocycles. The summed E-state index contributed by atoms with van der Waals surface area (Å²) in [5.41, 5.74) is 7.70. The molecular formula is C23H24N4S. The second kappa shape index (κ2) is 8.76. The molecule has 0 saturated heterocycles. The van der Waals surface area contributed by atoms with Crippen LogP contribution in [0.1, 0.15) is 37.6 Å². The van der Waals surface area contributed by atoms with Gasteiger partial charge in [-0.3, -0.25) is 10.4 Å². The van der Waals surface area contributed by atoms with Gasteiger partial charge in [-0.2, -0.15) is 5.10 Å². The van der Waals surface area contributed by atoms with Crippen molar-refractivity contribution < 1.29 is 0 Å². The highest BCUT2D eigenvalue weighted by molar-refractivity contribution is 7.80. The molecule has 0 aliphatic rings. The quantitative estimate of drug-likeness (QED) is 0.370. The molecular weight excluding hydrogens is 364 g/mol. The molecule has 4 nitrogen and oxygen atoms in total. The van der Waals surface area contributed by atoms with Crippen molar-refractivity contribution in [3.05, 3.63) is 95.8 Å². The SMILES string of the molecule is CC(C)(C)c1ccc(/C(=N\NC(=S)Nc2ccccc2)c2ccccn2)cc1. The van der Waals surface area contributed by atoms with Crippen LogP contribution in [0.5, 0.6) is 0 Å². The van der Waals surface area contributed by atoms with Gasteiger partial charge in [0.2, 0.25) is 0 Å². The molecule has 0 aliphatic carbocycles. The van der Waals surface area contributed by atoms with E-state index in [0.29, 0.717) is 5.11 Å². The Hall–Kier alpha value is -3.05. The van der Waals surface area contributed by atoms with Crippen LogP contribution in [-0.4, -0.2) is 15.8 Å². The van der Waals surface area contributed by atoms with Crippen LogP contribution in [0.3, 0.4) is 0 Å². The van der Waals surface area contributed by atoms with Gasteiger partial charge < -0.3 is 5.32 Å². The molecule has 0 fully saturated rings. The fourth-order valence-corrected chi connectivity index (χ4v) is 2.85. The average Bonchev–Trinajstić information content (AvgIpc) is 2.69. The van der Waals surface area contributed by atoms with Gasteiger partial charge in [-0.1, -0.05) is 69.3 Å². The maximum absolute atomic E-state index is 5.37. The van der Waals surface area contributed by atoms with Gasteiger partial charge in [-0.25, -0.2) is 0 Å². The highest BCUT2D eigenvalue weighted by Gasteiger charge is 2.15. The Labute approximate surface area is 171 Å². The molecule has 0 aliphatic heterocycles. The van der Waals surface area contributed by atoms with Gasteiger partial charge in [0.15, 0.2) is 5.11 Å². The third-order valence-electron chi connectivity index (χ3n) is 4.23. The molecule has 0 radical (unpaired) electrons. The van der Waals surface area contributed by atoms with Gasteiger partial charge in [0, 0.05) is 17.4 Å². The van der Waals surface area contributed by atoms with E-state index in [0.717, 1.165) is 22.7 Å². The van der Waals surface area contributed by atoms with E-state index in [1.807, 2.05) is 48.5 Å². The summed E-state index contributed by atoms with van der Waals surface area (Å²) in [5, 5.41) is 8.10. The van der Waals surface area contributed by atoms with Crippen LogP contribution in [0.2, 0.25) is 0 Å². The summed E-state index contributed by atoms with van der Waals surface area (Å²) in [6, 6.07) is 23.9. The lowest BCUT2D eigenvalue weighted by Crippen LogP contribution is -2.26. The molecule has 1 heterocycles. The standard InChI is InChI=1S/C23H24N4S/c1-23(2,3)18-14-12-17(13-15-18)21(20-11-7-8-16-24-20)26-27-22(28)25-19-9-5-4-6-10-19/h4-16H,1-3H3,(H2,25,27,28)/b26-21+. The van der Waals surface area contributed by atoms with Crippen molar-refractivity contribution in [3.8, 4) is 0 Å². The van der Waals surface area contributed by atoms with E-state index >= 15 is 0 Å². The Balaban J connectivity index is 1.85. The number of rotatable bonds is 4. The van der Waals surface area contributed by atoms with Crippen LogP contribution in [0, 0.1) is 0 Å². The number of hydrogen-bond acceptors (Lipinski definition) is 3. The number of aromatic nitrogens is 1. The third-order valence-corrected chi connectivity index (χ3v) is 4.43. The summed E-state index contributed by atoms with van der Waals surface area (Å²) in [6.07, 6.45) is 1.76. The van der Waals surface area contributed by atoms with Gasteiger partial charge in [-0.05, 0) is 47.5 Å². The number of pyridine rings is 1. The first kappa shape index (κ1) is 19.7. The molecule has 0 unspecified atom stereocenters. The molecule has 142 valence electrons. The van der Waals surface area contributed by atoms with Crippen molar-refractivity contribution in [1.82, 2.24) is 10.4 Å². The van der Waals surface area contributed by atoms with E-state index in [1.165, 1.54) is 5.56 Å². The van der Waals surface area contributed by atoms with Crippen LogP contribution in [0.25, 0.3) is 0 Å². The van der Waals surface area contributed by atoms with E-state index < -0.39 is 0 Å². The second-order valence-corrected chi connectivity index (χ2v) is 7.84. The van der Waals surface area contributed by atoms with Crippen molar-refractivity contribution in [2.75, 3.05) is 5.32 Å². The van der Waals surface area contributed by atoms with Crippen LogP contribution in [-0.2, 0) is 5.41 Å². The highest BCUT2D eigenvalue weighted by Crippen LogP contribution is 2.23. The molecule has 3 rings (SSSR count). The predicted octanol–water partition coefficient (Wildman–Crippen LogP) is 5.12. The molecule has 2 aromatic carbocycles. The first-order valence-electron chi connectivity index (χ1n) is 9.15. The van der Waals surface area contributed by atoms with Crippen LogP contribution in [0.15, 0.2) is 84.1 Å². The summed E-state index contributed by atoms with van der Waals surface area (Å²) in [5.74, 6) is 0. The lowest BCUT2D eigenvalue weighted by Gasteiger charge is -2.19. The first-order chi connectivity index (χ1) is 13.4. The zero-order valence-electron chi connectivity index (χ0n) is 16.3. The molecule has 5 heteroatoms. The van der Waals surface area contributed by atoms with Gasteiger partial charge >= 0.3 is 0 Å². The molecule has 0 atom stereocenters. The highest BCUT2D eigenvalue weighted by atomic mass is 32.1. The summed E-state index contributed by atoms with van der Waals surface area (Å²) < 4.78 is 0. The minimum atomic E-state index is 0.0975. The van der Waals surface area contributed by atoms with Crippen molar-refractivity contribution >= 4 is 28.7 Å². The Morgan fingerprint density at radius 3 is 2.18 bits per heavy atom. The lowest BCUT2D eigenvalue weighted by molar-refractivity contribution is 0.590. The van der Waals surface area contributed by atoms with Crippen LogP contribution in [0.4, 0.5) is 5.69 Å². The fourth-order valence-electron chi connectivity index (χ4n) is 2.69. The summed E-state index contributed by atoms with van der Waals surface area (Å²) >= 11 is 5.37. The Morgan fingerprint density at radius 1 is 0.893 bits per heavy atom. The minimum absolute atomic E-state index is 0.0975. The maximum Gasteiger partial charge on any atom is 0.191 e. The number of benzene rings is 2. The summed E-state index contributed by atoms with van der Waals surface area (Å²) in [4.78, 5) is 4.45. The number of nitrogens with zero attached hydrogens (tertiary/aromatic N) is 2. The number of hydrazone groups is 1. The molecule has 0 spiro atoms. The number of para-hydroxylation sites is 1. The summed E-state index contributed by atoms with van der Waals surface area (Å²) in [7, 11) is 0. The molecule has 2 N–H and O–H groups in total. The average molecular weight is 389 g/mol. The largest absolute Gasteiger partial charge is 0.331 e. The van der Waals surface area contributed by atoms with Crippen molar-refractivity contribution in [3.63, 3.8) is 0 Å². The van der Waals surface area contributed by atoms with Crippen molar-refractivity contribution in [1.29, 1.82) is 0 Å². The zero-order chi connectivity index (χ0) is 20.0. The Bertz CT molecular complexity index is 943. The molecule has 0 amide bonds. The molecule has 0 bridgehead atoms. The number of anilines is 1. The molecule has 3 aromatic rings. The number of thiocarbonyl (C=S) groups is 1. The predicted molar refractivity (Wildman–Crippen MR) is 121 cm³/mol. The van der Waals surface area contributed by atoms with Crippen LogP contribution < -0.4 is 10.7 Å². The van der Waals surface area contributed by atoms with E-state index in [1.54, 1.807) is 6.20 Å². The number of hydrogen-bond donors (Lipinski definition) is 2. The van der Waals surface area contributed by atoms with Gasteiger partial charge in [0.05, 0.1) is 5.69 Å². The smallest absolute Gasteiger partial charge is 0.191 e. The molecule has 0 saturated carbocycles. The van der Waals surface area contributed by atoms with Crippen molar-refractivity contribution in [2.24, 2.45) is 5.10 Å². The summed E-state index contributed by atoms with van der Waals surface area (Å²) in [6.45, 7) is 6.60. The van der Waals surface area contributed by atoms with E-state index in [9.17, 15) is 0 Å². The van der Waals surface area contributed by atoms with E-state index in [4.69, 9.17) is 12.2 Å². The molecule has 28 heavy (non-hydrogen) atoms. The second-order valence-electron chi connectivity index (χ2n) is 7.43. The topological polar surface area (TPSA) is 49.3 Å². The normalized spacial score (nSPS) is 11.8. The first-order valence-corrected chi connectivity index (χ1v) is 9.56.